The van der Waals surface area contributed by atoms with Crippen molar-refractivity contribution in [1.82, 2.24) is 9.21 Å². The first kappa shape index (κ1) is 26.1. The number of nitrogens with zero attached hydrogens (tertiary/aromatic N) is 2. The normalized spacial score (nSPS) is 22.2. The zero-order valence-corrected chi connectivity index (χ0v) is 19.9. The molecule has 9 nitrogen and oxygen atoms in total. The number of rotatable bonds is 6. The minimum absolute atomic E-state index is 0.0387. The zero-order chi connectivity index (χ0) is 24.1. The van der Waals surface area contributed by atoms with Gasteiger partial charge in [-0.2, -0.15) is 4.31 Å². The molecule has 1 heterocycles. The molecule has 0 unspecified atom stereocenters. The molecule has 32 heavy (non-hydrogen) atoms. The summed E-state index contributed by atoms with van der Waals surface area (Å²) in [5, 5.41) is 19.1. The number of methoxy groups -OCH3 is 1. The van der Waals surface area contributed by atoms with Crippen LogP contribution in [0.25, 0.3) is 0 Å². The molecular formula is C22H32N2O7S. The van der Waals surface area contributed by atoms with Crippen molar-refractivity contribution in [2.45, 2.75) is 43.9 Å². The minimum Gasteiger partial charge on any atom is -0.487 e. The molecule has 0 aliphatic carbocycles. The van der Waals surface area contributed by atoms with Crippen LogP contribution in [0.5, 0.6) is 5.75 Å². The number of sulfonamides is 1. The predicted molar refractivity (Wildman–Crippen MR) is 119 cm³/mol. The third-order valence-corrected chi connectivity index (χ3v) is 7.26. The number of hydrogen-bond acceptors (Lipinski definition) is 7. The maximum Gasteiger partial charge on any atom is 0.248 e. The van der Waals surface area contributed by atoms with Crippen molar-refractivity contribution in [2.24, 2.45) is 5.92 Å². The molecule has 1 aliphatic rings. The van der Waals surface area contributed by atoms with Crippen LogP contribution >= 0.6 is 0 Å². The molecule has 0 bridgehead atoms. The van der Waals surface area contributed by atoms with Gasteiger partial charge in [0.15, 0.2) is 0 Å². The second kappa shape index (κ2) is 11.1. The highest BCUT2D eigenvalue weighted by atomic mass is 32.2. The molecular weight excluding hydrogens is 436 g/mol. The van der Waals surface area contributed by atoms with E-state index in [1.807, 2.05) is 6.92 Å². The van der Waals surface area contributed by atoms with Gasteiger partial charge in [0.05, 0.1) is 13.2 Å². The zero-order valence-electron chi connectivity index (χ0n) is 19.1. The number of aliphatic hydroxyl groups is 2. The lowest BCUT2D eigenvalue weighted by molar-refractivity contribution is -0.135. The summed E-state index contributed by atoms with van der Waals surface area (Å²) in [5.74, 6) is 5.01. The van der Waals surface area contributed by atoms with Gasteiger partial charge < -0.3 is 24.6 Å². The lowest BCUT2D eigenvalue weighted by Crippen LogP contribution is -2.50. The number of benzene rings is 1. The first-order valence-corrected chi connectivity index (χ1v) is 11.8. The average molecular weight is 469 g/mol. The molecule has 0 aromatic heterocycles. The van der Waals surface area contributed by atoms with Gasteiger partial charge in [-0.25, -0.2) is 8.42 Å². The van der Waals surface area contributed by atoms with Crippen LogP contribution in [0.3, 0.4) is 0 Å². The molecule has 1 aliphatic heterocycles. The molecule has 1 amide bonds. The van der Waals surface area contributed by atoms with E-state index < -0.39 is 28.3 Å². The molecule has 0 saturated carbocycles. The van der Waals surface area contributed by atoms with Crippen LogP contribution in [0.4, 0.5) is 0 Å². The Balaban J connectivity index is 2.55. The van der Waals surface area contributed by atoms with Crippen LogP contribution in [0.2, 0.25) is 0 Å². The molecule has 10 heteroatoms. The van der Waals surface area contributed by atoms with Crippen LogP contribution < -0.4 is 4.74 Å². The fourth-order valence-corrected chi connectivity index (χ4v) is 5.14. The van der Waals surface area contributed by atoms with Crippen LogP contribution in [-0.2, 0) is 19.6 Å². The fraction of sp³-hybridized carbons (Fsp3) is 0.591. The Bertz CT molecular complexity index is 968. The molecule has 1 aromatic rings. The number of carbonyl (C=O) groups is 1. The van der Waals surface area contributed by atoms with Crippen molar-refractivity contribution in [3.05, 3.63) is 23.8 Å². The molecule has 2 N–H and O–H groups in total. The Morgan fingerprint density at radius 3 is 2.69 bits per heavy atom. The standard InChI is InChI=1S/C22H32N2O7S/c1-15-11-24(16(2)13-25)32(28,29)21-9-8-18(7-6-17(3)26)10-19(21)31-20(15)12-23(4)22(27)14-30-5/h8-10,15-17,20,25-26H,11-14H2,1-5H3/t15-,16-,17-,20+/m1/s1. The van der Waals surface area contributed by atoms with Gasteiger partial charge in [0.2, 0.25) is 15.9 Å². The summed E-state index contributed by atoms with van der Waals surface area (Å²) in [4.78, 5) is 13.7. The smallest absolute Gasteiger partial charge is 0.248 e. The Morgan fingerprint density at radius 2 is 2.09 bits per heavy atom. The number of likely N-dealkylation sites (N-methyl/N-ethyl adjacent to an activating group) is 1. The fourth-order valence-electron chi connectivity index (χ4n) is 3.31. The van der Waals surface area contributed by atoms with E-state index in [1.54, 1.807) is 20.0 Å². The van der Waals surface area contributed by atoms with Crippen molar-refractivity contribution in [2.75, 3.05) is 40.5 Å². The third kappa shape index (κ3) is 6.21. The van der Waals surface area contributed by atoms with Crippen LogP contribution in [0, 0.1) is 17.8 Å². The van der Waals surface area contributed by atoms with E-state index >= 15 is 0 Å². The maximum atomic E-state index is 13.4. The largest absolute Gasteiger partial charge is 0.487 e. The monoisotopic (exact) mass is 468 g/mol. The number of fused-ring (bicyclic) bond motifs is 1. The third-order valence-electron chi connectivity index (χ3n) is 5.24. The van der Waals surface area contributed by atoms with Gasteiger partial charge in [0.25, 0.3) is 0 Å². The van der Waals surface area contributed by atoms with Gasteiger partial charge in [-0.15, -0.1) is 0 Å². The SMILES string of the molecule is COCC(=O)N(C)C[C@@H]1Oc2cc(C#C[C@@H](C)O)ccc2S(=O)(=O)N([C@H](C)CO)C[C@H]1C. The topological polar surface area (TPSA) is 117 Å². The quantitative estimate of drug-likeness (QED) is 0.577. The van der Waals surface area contributed by atoms with E-state index in [0.29, 0.717) is 5.56 Å². The lowest BCUT2D eigenvalue weighted by Gasteiger charge is -2.37. The number of ether oxygens (including phenoxy) is 2. The minimum atomic E-state index is -3.96. The van der Waals surface area contributed by atoms with Crippen LogP contribution in [0.15, 0.2) is 23.1 Å². The highest BCUT2D eigenvalue weighted by Crippen LogP contribution is 2.34. The average Bonchev–Trinajstić information content (AvgIpc) is 2.74. The van der Waals surface area contributed by atoms with Gasteiger partial charge in [0.1, 0.15) is 29.5 Å². The molecule has 0 radical (unpaired) electrons. The number of hydrogen-bond donors (Lipinski definition) is 2. The molecule has 1 aromatic carbocycles. The molecule has 0 fully saturated rings. The summed E-state index contributed by atoms with van der Waals surface area (Å²) in [6.07, 6.45) is -1.36. The second-order valence-corrected chi connectivity index (χ2v) is 9.91. The summed E-state index contributed by atoms with van der Waals surface area (Å²) in [6, 6.07) is 3.84. The van der Waals surface area contributed by atoms with Gasteiger partial charge in [-0.1, -0.05) is 18.8 Å². The number of amides is 1. The van der Waals surface area contributed by atoms with Crippen LogP contribution in [-0.4, -0.2) is 92.5 Å². The van der Waals surface area contributed by atoms with Gasteiger partial charge in [-0.3, -0.25) is 4.79 Å². The number of carbonyl (C=O) groups excluding carboxylic acids is 1. The summed E-state index contributed by atoms with van der Waals surface area (Å²) in [6.45, 7) is 4.93. The molecule has 178 valence electrons. The highest BCUT2D eigenvalue weighted by Gasteiger charge is 2.38. The van der Waals surface area contributed by atoms with E-state index in [2.05, 4.69) is 11.8 Å². The molecule has 0 saturated heterocycles. The van der Waals surface area contributed by atoms with E-state index in [-0.39, 0.29) is 48.8 Å². The number of aliphatic hydroxyl groups excluding tert-OH is 2. The van der Waals surface area contributed by atoms with Crippen molar-refractivity contribution in [1.29, 1.82) is 0 Å². The molecule has 0 spiro atoms. The summed E-state index contributed by atoms with van der Waals surface area (Å²) in [5.41, 5.74) is 0.484. The van der Waals surface area contributed by atoms with Crippen molar-refractivity contribution >= 4 is 15.9 Å². The van der Waals surface area contributed by atoms with E-state index in [9.17, 15) is 23.4 Å². The summed E-state index contributed by atoms with van der Waals surface area (Å²) < 4.78 is 39.1. The Morgan fingerprint density at radius 1 is 1.41 bits per heavy atom. The summed E-state index contributed by atoms with van der Waals surface area (Å²) >= 11 is 0. The van der Waals surface area contributed by atoms with Crippen molar-refractivity contribution < 1.29 is 32.9 Å². The second-order valence-electron chi connectivity index (χ2n) is 8.05. The van der Waals surface area contributed by atoms with Gasteiger partial charge in [0, 0.05) is 38.2 Å². The van der Waals surface area contributed by atoms with Crippen molar-refractivity contribution in [3.8, 4) is 17.6 Å². The van der Waals surface area contributed by atoms with E-state index in [1.165, 1.54) is 35.4 Å². The predicted octanol–water partition coefficient (Wildman–Crippen LogP) is 0.292. The Kier molecular flexibility index (Phi) is 9.07. The summed E-state index contributed by atoms with van der Waals surface area (Å²) in [7, 11) is -0.894. The van der Waals surface area contributed by atoms with Gasteiger partial charge >= 0.3 is 0 Å². The van der Waals surface area contributed by atoms with Gasteiger partial charge in [-0.05, 0) is 32.0 Å². The van der Waals surface area contributed by atoms with Crippen molar-refractivity contribution in [3.63, 3.8) is 0 Å². The highest BCUT2D eigenvalue weighted by molar-refractivity contribution is 7.89. The van der Waals surface area contributed by atoms with Crippen LogP contribution in [0.1, 0.15) is 26.3 Å². The maximum absolute atomic E-state index is 13.4. The van der Waals surface area contributed by atoms with E-state index in [4.69, 9.17) is 9.47 Å². The lowest BCUT2D eigenvalue weighted by atomic mass is 10.0. The molecule has 4 atom stereocenters. The molecule has 2 rings (SSSR count). The first-order chi connectivity index (χ1) is 15.0. The Labute approximate surface area is 190 Å². The Hall–Kier alpha value is -2.16. The first-order valence-electron chi connectivity index (χ1n) is 10.4. The van der Waals surface area contributed by atoms with E-state index in [0.717, 1.165) is 0 Å².